The molecule has 2 aromatic rings. The molecule has 3 amide bonds. The Morgan fingerprint density at radius 3 is 2.75 bits per heavy atom. The highest BCUT2D eigenvalue weighted by Gasteiger charge is 2.29. The van der Waals surface area contributed by atoms with E-state index in [1.54, 1.807) is 55.3 Å². The zero-order chi connectivity index (χ0) is 20.3. The highest BCUT2D eigenvalue weighted by Crippen LogP contribution is 2.35. The molecular formula is C21H24FN3O3. The third-order valence-corrected chi connectivity index (χ3v) is 4.65. The first-order chi connectivity index (χ1) is 13.4. The molecule has 6 nitrogen and oxygen atoms in total. The Bertz CT molecular complexity index is 887. The Labute approximate surface area is 163 Å². The van der Waals surface area contributed by atoms with E-state index < -0.39 is 6.10 Å². The maximum absolute atomic E-state index is 14.0. The number of hydrogen-bond donors (Lipinski definition) is 1. The molecule has 0 saturated carbocycles. The molecular weight excluding hydrogens is 361 g/mol. The molecule has 0 bridgehead atoms. The lowest BCUT2D eigenvalue weighted by Gasteiger charge is -2.30. The van der Waals surface area contributed by atoms with Crippen LogP contribution in [0, 0.1) is 5.82 Å². The van der Waals surface area contributed by atoms with E-state index in [9.17, 15) is 14.0 Å². The van der Waals surface area contributed by atoms with Gasteiger partial charge in [-0.15, -0.1) is 0 Å². The van der Waals surface area contributed by atoms with E-state index >= 15 is 0 Å². The minimum atomic E-state index is -0.582. The van der Waals surface area contributed by atoms with E-state index in [1.807, 2.05) is 6.92 Å². The summed E-state index contributed by atoms with van der Waals surface area (Å²) in [5, 5.41) is 2.84. The second kappa shape index (κ2) is 8.29. The smallest absolute Gasteiger partial charge is 0.322 e. The molecule has 0 unspecified atom stereocenters. The number of nitrogens with zero attached hydrogens (tertiary/aromatic N) is 2. The summed E-state index contributed by atoms with van der Waals surface area (Å²) in [6.45, 7) is 4.32. The van der Waals surface area contributed by atoms with Crippen LogP contribution in [0.4, 0.5) is 20.6 Å². The van der Waals surface area contributed by atoms with E-state index in [4.69, 9.17) is 4.74 Å². The first kappa shape index (κ1) is 19.7. The van der Waals surface area contributed by atoms with Gasteiger partial charge in [0.05, 0.1) is 12.2 Å². The lowest BCUT2D eigenvalue weighted by molar-refractivity contribution is -0.125. The highest BCUT2D eigenvalue weighted by atomic mass is 19.1. The number of benzene rings is 2. The van der Waals surface area contributed by atoms with Crippen LogP contribution < -0.4 is 15.0 Å². The molecule has 1 aliphatic rings. The molecule has 3 rings (SSSR count). The van der Waals surface area contributed by atoms with Crippen LogP contribution in [0.5, 0.6) is 5.75 Å². The molecule has 148 valence electrons. The van der Waals surface area contributed by atoms with Gasteiger partial charge in [-0.1, -0.05) is 25.1 Å². The van der Waals surface area contributed by atoms with Gasteiger partial charge in [0.15, 0.2) is 6.10 Å². The van der Waals surface area contributed by atoms with Gasteiger partial charge in [-0.3, -0.25) is 4.79 Å². The number of halogens is 1. The average molecular weight is 385 g/mol. The number of hydrogen-bond acceptors (Lipinski definition) is 3. The van der Waals surface area contributed by atoms with Crippen molar-refractivity contribution < 1.29 is 18.7 Å². The van der Waals surface area contributed by atoms with E-state index in [1.165, 1.54) is 11.0 Å². The summed E-state index contributed by atoms with van der Waals surface area (Å²) < 4.78 is 19.6. The van der Waals surface area contributed by atoms with Crippen LogP contribution in [0.3, 0.4) is 0 Å². The molecule has 7 heteroatoms. The molecule has 1 N–H and O–H groups in total. The standard InChI is InChI=1S/C21H24FN3O3/c1-4-11-25(13-15-7-5-6-8-17(15)22)21(27)23-16-9-10-18-19(12-16)28-14(2)20(26)24(18)3/h5-10,12,14H,4,11,13H2,1-3H3,(H,23,27)/t14-/m0/s1. The van der Waals surface area contributed by atoms with Crippen molar-refractivity contribution in [1.82, 2.24) is 4.90 Å². The molecule has 2 aromatic carbocycles. The molecule has 0 spiro atoms. The number of urea groups is 1. The van der Waals surface area contributed by atoms with E-state index in [2.05, 4.69) is 5.32 Å². The number of fused-ring (bicyclic) bond motifs is 1. The van der Waals surface area contributed by atoms with Crippen LogP contribution in [0.25, 0.3) is 0 Å². The molecule has 1 atom stereocenters. The SMILES string of the molecule is CCCN(Cc1ccccc1F)C(=O)Nc1ccc2c(c1)O[C@@H](C)C(=O)N2C. The predicted molar refractivity (Wildman–Crippen MR) is 106 cm³/mol. The number of ether oxygens (including phenoxy) is 1. The van der Waals surface area contributed by atoms with Crippen LogP contribution in [0.1, 0.15) is 25.8 Å². The van der Waals surface area contributed by atoms with Gasteiger partial charge in [0.1, 0.15) is 11.6 Å². The second-order valence-electron chi connectivity index (χ2n) is 6.78. The maximum Gasteiger partial charge on any atom is 0.322 e. The Kier molecular flexibility index (Phi) is 5.82. The Morgan fingerprint density at radius 2 is 2.04 bits per heavy atom. The number of likely N-dealkylation sites (N-methyl/N-ethyl adjacent to an activating group) is 1. The van der Waals surface area contributed by atoms with Gasteiger partial charge in [0.2, 0.25) is 0 Å². The van der Waals surface area contributed by atoms with Crippen molar-refractivity contribution in [3.05, 3.63) is 53.8 Å². The summed E-state index contributed by atoms with van der Waals surface area (Å²) in [7, 11) is 1.69. The molecule has 0 saturated heterocycles. The molecule has 1 heterocycles. The van der Waals surface area contributed by atoms with Crippen molar-refractivity contribution in [2.24, 2.45) is 0 Å². The van der Waals surface area contributed by atoms with Gasteiger partial charge < -0.3 is 19.9 Å². The van der Waals surface area contributed by atoms with Gasteiger partial charge in [-0.2, -0.15) is 0 Å². The summed E-state index contributed by atoms with van der Waals surface area (Å²) in [6, 6.07) is 11.3. The minimum Gasteiger partial charge on any atom is -0.479 e. The van der Waals surface area contributed by atoms with Crippen molar-refractivity contribution in [3.8, 4) is 5.75 Å². The molecule has 28 heavy (non-hydrogen) atoms. The lowest BCUT2D eigenvalue weighted by atomic mass is 10.2. The fraction of sp³-hybridized carbons (Fsp3) is 0.333. The number of carbonyl (C=O) groups excluding carboxylic acids is 2. The Balaban J connectivity index is 1.76. The fourth-order valence-corrected chi connectivity index (χ4v) is 3.15. The van der Waals surface area contributed by atoms with E-state index in [-0.39, 0.29) is 24.3 Å². The number of rotatable bonds is 5. The third-order valence-electron chi connectivity index (χ3n) is 4.65. The van der Waals surface area contributed by atoms with Gasteiger partial charge in [0.25, 0.3) is 5.91 Å². The largest absolute Gasteiger partial charge is 0.479 e. The van der Waals surface area contributed by atoms with Crippen molar-refractivity contribution >= 4 is 23.3 Å². The highest BCUT2D eigenvalue weighted by molar-refractivity contribution is 6.00. The van der Waals surface area contributed by atoms with E-state index in [0.717, 1.165) is 6.42 Å². The number of nitrogens with one attached hydrogen (secondary N) is 1. The molecule has 1 aliphatic heterocycles. The first-order valence-corrected chi connectivity index (χ1v) is 9.28. The second-order valence-corrected chi connectivity index (χ2v) is 6.78. The van der Waals surface area contributed by atoms with Gasteiger partial charge in [-0.25, -0.2) is 9.18 Å². The lowest BCUT2D eigenvalue weighted by Crippen LogP contribution is -2.42. The molecule has 0 fully saturated rings. The van der Waals surface area contributed by atoms with E-state index in [0.29, 0.717) is 29.2 Å². The maximum atomic E-state index is 14.0. The van der Waals surface area contributed by atoms with Gasteiger partial charge in [0, 0.05) is 30.9 Å². The van der Waals surface area contributed by atoms with Crippen LogP contribution in [0.2, 0.25) is 0 Å². The Hall–Kier alpha value is -3.09. The van der Waals surface area contributed by atoms with Crippen molar-refractivity contribution in [3.63, 3.8) is 0 Å². The predicted octanol–water partition coefficient (Wildman–Crippen LogP) is 4.01. The Morgan fingerprint density at radius 1 is 1.29 bits per heavy atom. The van der Waals surface area contributed by atoms with Crippen LogP contribution in [0.15, 0.2) is 42.5 Å². The summed E-state index contributed by atoms with van der Waals surface area (Å²) in [6.07, 6.45) is 0.167. The normalized spacial score (nSPS) is 15.6. The third kappa shape index (κ3) is 4.08. The number of amides is 3. The average Bonchev–Trinajstić information content (AvgIpc) is 2.67. The number of carbonyl (C=O) groups is 2. The summed E-state index contributed by atoms with van der Waals surface area (Å²) >= 11 is 0. The monoisotopic (exact) mass is 385 g/mol. The topological polar surface area (TPSA) is 61.9 Å². The van der Waals surface area contributed by atoms with Crippen molar-refractivity contribution in [1.29, 1.82) is 0 Å². The zero-order valence-corrected chi connectivity index (χ0v) is 16.2. The van der Waals surface area contributed by atoms with Crippen molar-refractivity contribution in [2.45, 2.75) is 32.9 Å². The summed E-state index contributed by atoms with van der Waals surface area (Å²) in [4.78, 5) is 27.9. The van der Waals surface area contributed by atoms with Crippen LogP contribution in [-0.4, -0.2) is 36.5 Å². The molecule has 0 aromatic heterocycles. The van der Waals surface area contributed by atoms with Crippen LogP contribution >= 0.6 is 0 Å². The first-order valence-electron chi connectivity index (χ1n) is 9.28. The van der Waals surface area contributed by atoms with Crippen molar-refractivity contribution in [2.75, 3.05) is 23.8 Å². The summed E-state index contributed by atoms with van der Waals surface area (Å²) in [5.41, 5.74) is 1.67. The fourth-order valence-electron chi connectivity index (χ4n) is 3.15. The van der Waals surface area contributed by atoms with Gasteiger partial charge >= 0.3 is 6.03 Å². The quantitative estimate of drug-likeness (QED) is 0.846. The summed E-state index contributed by atoms with van der Waals surface area (Å²) in [5.74, 6) is 0.0760. The van der Waals surface area contributed by atoms with Crippen LogP contribution in [-0.2, 0) is 11.3 Å². The molecule has 0 radical (unpaired) electrons. The number of anilines is 2. The molecule has 0 aliphatic carbocycles. The van der Waals surface area contributed by atoms with Gasteiger partial charge in [-0.05, 0) is 31.5 Å². The minimum absolute atomic E-state index is 0.122. The zero-order valence-electron chi connectivity index (χ0n) is 16.2.